The lowest BCUT2D eigenvalue weighted by Crippen LogP contribution is -2.37. The van der Waals surface area contributed by atoms with Crippen LogP contribution in [-0.2, 0) is 19.5 Å². The van der Waals surface area contributed by atoms with Gasteiger partial charge in [-0.2, -0.15) is 4.98 Å². The summed E-state index contributed by atoms with van der Waals surface area (Å²) < 4.78 is 19.7. The van der Waals surface area contributed by atoms with Crippen LogP contribution in [0.5, 0.6) is 11.6 Å². The number of hydrogen-bond acceptors (Lipinski definition) is 5. The van der Waals surface area contributed by atoms with Crippen molar-refractivity contribution < 1.29 is 13.9 Å². The summed E-state index contributed by atoms with van der Waals surface area (Å²) in [6, 6.07) is 23.5. The minimum atomic E-state index is -0.370. The minimum Gasteiger partial charge on any atom is -0.438 e. The maximum atomic E-state index is 13.4. The third-order valence-corrected chi connectivity index (χ3v) is 6.29. The number of aromatic nitrogens is 2. The van der Waals surface area contributed by atoms with Gasteiger partial charge in [0, 0.05) is 32.1 Å². The molecule has 36 heavy (non-hydrogen) atoms. The van der Waals surface area contributed by atoms with E-state index >= 15 is 0 Å². The molecule has 6 nitrogen and oxygen atoms in total. The Morgan fingerprint density at radius 3 is 2.47 bits per heavy atom. The van der Waals surface area contributed by atoms with Crippen molar-refractivity contribution in [2.45, 2.75) is 26.4 Å². The number of amides is 1. The highest BCUT2D eigenvalue weighted by Crippen LogP contribution is 2.33. The molecule has 7 heteroatoms. The number of fused-ring (bicyclic) bond motifs is 1. The van der Waals surface area contributed by atoms with Gasteiger partial charge in [0.1, 0.15) is 11.6 Å². The maximum Gasteiger partial charge on any atom is 0.254 e. The number of rotatable bonds is 6. The van der Waals surface area contributed by atoms with Crippen molar-refractivity contribution >= 4 is 11.9 Å². The van der Waals surface area contributed by atoms with Crippen LogP contribution >= 0.6 is 0 Å². The molecule has 1 aromatic heterocycles. The number of ether oxygens (including phenoxy) is 1. The number of para-hydroxylation sites is 1. The first kappa shape index (κ1) is 23.5. The Hall–Kier alpha value is -4.26. The van der Waals surface area contributed by atoms with Gasteiger partial charge >= 0.3 is 0 Å². The van der Waals surface area contributed by atoms with Crippen LogP contribution in [0.25, 0.3) is 0 Å². The van der Waals surface area contributed by atoms with Gasteiger partial charge in [-0.1, -0.05) is 48.5 Å². The van der Waals surface area contributed by atoms with E-state index in [4.69, 9.17) is 14.7 Å². The third-order valence-electron chi connectivity index (χ3n) is 6.29. The van der Waals surface area contributed by atoms with E-state index in [9.17, 15) is 9.18 Å². The van der Waals surface area contributed by atoms with Gasteiger partial charge in [0.15, 0.2) is 0 Å². The summed E-state index contributed by atoms with van der Waals surface area (Å²) >= 11 is 0. The Bertz CT molecular complexity index is 1380. The van der Waals surface area contributed by atoms with E-state index in [2.05, 4.69) is 12.1 Å². The number of nitrogens with zero attached hydrogens (tertiary/aromatic N) is 4. The van der Waals surface area contributed by atoms with Crippen LogP contribution in [0.4, 0.5) is 10.3 Å². The van der Waals surface area contributed by atoms with Crippen molar-refractivity contribution in [2.24, 2.45) is 0 Å². The molecule has 0 saturated heterocycles. The standard InChI is InChI=1S/C29H27FN4O2/c1-20-8-6-7-11-26(20)36-27-24-19-34(28(35)22-12-14-23(30)15-13-22)17-16-25(24)31-29(32-27)33(2)18-21-9-4-3-5-10-21/h3-15H,16-19H2,1-2H3. The highest BCUT2D eigenvalue weighted by Gasteiger charge is 2.28. The molecular weight excluding hydrogens is 455 g/mol. The second-order valence-corrected chi connectivity index (χ2v) is 8.95. The normalized spacial score (nSPS) is 12.7. The molecule has 0 atom stereocenters. The van der Waals surface area contributed by atoms with Gasteiger partial charge in [0.2, 0.25) is 11.8 Å². The second kappa shape index (κ2) is 10.2. The molecule has 0 fully saturated rings. The van der Waals surface area contributed by atoms with Crippen LogP contribution in [-0.4, -0.2) is 34.4 Å². The number of carbonyl (C=O) groups excluding carboxylic acids is 1. The van der Waals surface area contributed by atoms with Crippen molar-refractivity contribution in [3.05, 3.63) is 113 Å². The van der Waals surface area contributed by atoms with Crippen molar-refractivity contribution in [1.82, 2.24) is 14.9 Å². The smallest absolute Gasteiger partial charge is 0.254 e. The van der Waals surface area contributed by atoms with Gasteiger partial charge in [-0.3, -0.25) is 4.79 Å². The summed E-state index contributed by atoms with van der Waals surface area (Å²) in [7, 11) is 1.96. The van der Waals surface area contributed by atoms with Gasteiger partial charge in [-0.05, 0) is 48.4 Å². The molecule has 4 aromatic rings. The molecule has 5 rings (SSSR count). The van der Waals surface area contributed by atoms with Crippen LogP contribution in [0.2, 0.25) is 0 Å². The number of benzene rings is 3. The first-order chi connectivity index (χ1) is 17.5. The van der Waals surface area contributed by atoms with Crippen LogP contribution in [0.3, 0.4) is 0 Å². The molecule has 0 bridgehead atoms. The molecule has 0 saturated carbocycles. The summed E-state index contributed by atoms with van der Waals surface area (Å²) in [5.74, 6) is 1.19. The largest absolute Gasteiger partial charge is 0.438 e. The molecule has 2 heterocycles. The number of anilines is 1. The fourth-order valence-corrected chi connectivity index (χ4v) is 4.28. The van der Waals surface area contributed by atoms with Crippen molar-refractivity contribution in [3.8, 4) is 11.6 Å². The predicted molar refractivity (Wildman–Crippen MR) is 137 cm³/mol. The molecule has 0 N–H and O–H groups in total. The van der Waals surface area contributed by atoms with E-state index < -0.39 is 0 Å². The monoisotopic (exact) mass is 482 g/mol. The molecule has 0 spiro atoms. The first-order valence-corrected chi connectivity index (χ1v) is 11.9. The fourth-order valence-electron chi connectivity index (χ4n) is 4.28. The zero-order valence-electron chi connectivity index (χ0n) is 20.3. The average molecular weight is 483 g/mol. The van der Waals surface area contributed by atoms with Gasteiger partial charge in [0.25, 0.3) is 5.91 Å². The molecule has 1 aliphatic heterocycles. The molecule has 1 amide bonds. The van der Waals surface area contributed by atoms with Crippen LogP contribution in [0.15, 0.2) is 78.9 Å². The lowest BCUT2D eigenvalue weighted by Gasteiger charge is -2.30. The fraction of sp³-hybridized carbons (Fsp3) is 0.207. The maximum absolute atomic E-state index is 13.4. The van der Waals surface area contributed by atoms with Crippen LogP contribution in [0.1, 0.15) is 32.7 Å². The van der Waals surface area contributed by atoms with E-state index in [1.807, 2.05) is 61.3 Å². The van der Waals surface area contributed by atoms with Gasteiger partial charge in [-0.25, -0.2) is 9.37 Å². The zero-order valence-corrected chi connectivity index (χ0v) is 20.3. The SMILES string of the molecule is Cc1ccccc1Oc1nc(N(C)Cc2ccccc2)nc2c1CN(C(=O)c1ccc(F)cc1)CC2. The Morgan fingerprint density at radius 1 is 1.00 bits per heavy atom. The molecule has 1 aliphatic rings. The highest BCUT2D eigenvalue weighted by atomic mass is 19.1. The molecular formula is C29H27FN4O2. The minimum absolute atomic E-state index is 0.159. The van der Waals surface area contributed by atoms with Gasteiger partial charge in [0.05, 0.1) is 17.8 Å². The summed E-state index contributed by atoms with van der Waals surface area (Å²) in [5.41, 5.74) is 4.24. The Kier molecular flexibility index (Phi) is 6.62. The Labute approximate surface area is 210 Å². The van der Waals surface area contributed by atoms with E-state index in [-0.39, 0.29) is 11.7 Å². The number of aryl methyl sites for hydroxylation is 1. The molecule has 0 radical (unpaired) electrons. The number of hydrogen-bond donors (Lipinski definition) is 0. The summed E-state index contributed by atoms with van der Waals surface area (Å²) in [5, 5.41) is 0. The Morgan fingerprint density at radius 2 is 1.72 bits per heavy atom. The predicted octanol–water partition coefficient (Wildman–Crippen LogP) is 5.55. The van der Waals surface area contributed by atoms with Crippen molar-refractivity contribution in [1.29, 1.82) is 0 Å². The molecule has 0 aliphatic carbocycles. The highest BCUT2D eigenvalue weighted by molar-refractivity contribution is 5.94. The van der Waals surface area contributed by atoms with E-state index in [0.717, 1.165) is 22.4 Å². The number of halogens is 1. The van der Waals surface area contributed by atoms with Gasteiger partial charge in [-0.15, -0.1) is 0 Å². The van der Waals surface area contributed by atoms with Crippen LogP contribution < -0.4 is 9.64 Å². The second-order valence-electron chi connectivity index (χ2n) is 8.95. The van der Waals surface area contributed by atoms with Crippen molar-refractivity contribution in [3.63, 3.8) is 0 Å². The quantitative estimate of drug-likeness (QED) is 0.361. The van der Waals surface area contributed by atoms with Gasteiger partial charge < -0.3 is 14.5 Å². The lowest BCUT2D eigenvalue weighted by molar-refractivity contribution is 0.0732. The molecule has 182 valence electrons. The topological polar surface area (TPSA) is 58.6 Å². The summed E-state index contributed by atoms with van der Waals surface area (Å²) in [6.07, 6.45) is 0.571. The third kappa shape index (κ3) is 5.05. The molecule has 0 unspecified atom stereocenters. The van der Waals surface area contributed by atoms with E-state index in [0.29, 0.717) is 49.2 Å². The average Bonchev–Trinajstić information content (AvgIpc) is 2.90. The Balaban J connectivity index is 1.48. The summed E-state index contributed by atoms with van der Waals surface area (Å²) in [4.78, 5) is 26.5. The first-order valence-electron chi connectivity index (χ1n) is 11.9. The number of carbonyl (C=O) groups is 1. The van der Waals surface area contributed by atoms with Crippen LogP contribution in [0, 0.1) is 12.7 Å². The lowest BCUT2D eigenvalue weighted by atomic mass is 10.0. The molecule has 3 aromatic carbocycles. The zero-order chi connectivity index (χ0) is 25.1. The summed E-state index contributed by atoms with van der Waals surface area (Å²) in [6.45, 7) is 3.45. The van der Waals surface area contributed by atoms with Crippen molar-refractivity contribution in [2.75, 3.05) is 18.5 Å². The van der Waals surface area contributed by atoms with E-state index in [1.165, 1.54) is 24.3 Å². The van der Waals surface area contributed by atoms with E-state index in [1.54, 1.807) is 4.90 Å².